The molecule has 0 saturated carbocycles. The molecule has 1 atom stereocenters. The molecule has 1 unspecified atom stereocenters. The first kappa shape index (κ1) is 10.7. The van der Waals surface area contributed by atoms with Crippen LogP contribution < -0.4 is 5.32 Å². The predicted molar refractivity (Wildman–Crippen MR) is 59.9 cm³/mol. The van der Waals surface area contributed by atoms with Gasteiger partial charge in [-0.15, -0.1) is 0 Å². The minimum absolute atomic E-state index is 0.465. The van der Waals surface area contributed by atoms with Crippen LogP contribution in [0.2, 0.25) is 0 Å². The molecule has 1 aromatic rings. The second-order valence-corrected chi connectivity index (χ2v) is 4.74. The summed E-state index contributed by atoms with van der Waals surface area (Å²) >= 11 is 0. The van der Waals surface area contributed by atoms with Gasteiger partial charge in [-0.3, -0.25) is 0 Å². The third-order valence-electron chi connectivity index (χ3n) is 3.02. The Morgan fingerprint density at radius 2 is 2.47 bits per heavy atom. The standard InChI is InChI=1S/C12H20N2O/c1-9(2)11-8-15-12(14-11)6-10-4-3-5-13-7-10/h8-10,13H,3-7H2,1-2H3. The Kier molecular flexibility index (Phi) is 3.41. The normalized spacial score (nSPS) is 22.2. The third-order valence-corrected chi connectivity index (χ3v) is 3.02. The van der Waals surface area contributed by atoms with Crippen molar-refractivity contribution < 1.29 is 4.42 Å². The van der Waals surface area contributed by atoms with Crippen LogP contribution >= 0.6 is 0 Å². The van der Waals surface area contributed by atoms with Crippen LogP contribution in [-0.4, -0.2) is 18.1 Å². The van der Waals surface area contributed by atoms with Gasteiger partial charge < -0.3 is 9.73 Å². The molecule has 0 aromatic carbocycles. The lowest BCUT2D eigenvalue weighted by atomic mass is 9.96. The zero-order chi connectivity index (χ0) is 10.7. The van der Waals surface area contributed by atoms with Crippen molar-refractivity contribution in [2.75, 3.05) is 13.1 Å². The van der Waals surface area contributed by atoms with Crippen LogP contribution in [0.1, 0.15) is 44.2 Å². The molecule has 1 aliphatic heterocycles. The molecule has 0 radical (unpaired) electrons. The van der Waals surface area contributed by atoms with Crippen molar-refractivity contribution in [3.8, 4) is 0 Å². The van der Waals surface area contributed by atoms with Crippen LogP contribution in [0.15, 0.2) is 10.7 Å². The maximum Gasteiger partial charge on any atom is 0.194 e. The highest BCUT2D eigenvalue weighted by atomic mass is 16.3. The van der Waals surface area contributed by atoms with Gasteiger partial charge in [0.2, 0.25) is 0 Å². The van der Waals surface area contributed by atoms with E-state index in [2.05, 4.69) is 24.1 Å². The van der Waals surface area contributed by atoms with Gasteiger partial charge in [-0.25, -0.2) is 4.98 Å². The molecule has 0 aliphatic carbocycles. The first-order chi connectivity index (χ1) is 7.25. The number of piperidine rings is 1. The van der Waals surface area contributed by atoms with Gasteiger partial charge in [0.15, 0.2) is 5.89 Å². The van der Waals surface area contributed by atoms with E-state index in [9.17, 15) is 0 Å². The van der Waals surface area contributed by atoms with Crippen molar-refractivity contribution >= 4 is 0 Å². The van der Waals surface area contributed by atoms with Crippen molar-refractivity contribution in [3.05, 3.63) is 17.8 Å². The van der Waals surface area contributed by atoms with Gasteiger partial charge in [0.05, 0.1) is 5.69 Å². The van der Waals surface area contributed by atoms with E-state index in [0.717, 1.165) is 24.6 Å². The number of hydrogen-bond donors (Lipinski definition) is 1. The molecule has 0 amide bonds. The minimum atomic E-state index is 0.465. The van der Waals surface area contributed by atoms with Gasteiger partial charge >= 0.3 is 0 Å². The molecule has 15 heavy (non-hydrogen) atoms. The van der Waals surface area contributed by atoms with Gasteiger partial charge in [0.1, 0.15) is 6.26 Å². The van der Waals surface area contributed by atoms with Crippen molar-refractivity contribution in [2.45, 2.75) is 39.0 Å². The molecule has 3 heteroatoms. The molecule has 1 N–H and O–H groups in total. The smallest absolute Gasteiger partial charge is 0.194 e. The molecule has 1 aromatic heterocycles. The van der Waals surface area contributed by atoms with E-state index in [-0.39, 0.29) is 0 Å². The zero-order valence-corrected chi connectivity index (χ0v) is 9.62. The lowest BCUT2D eigenvalue weighted by Gasteiger charge is -2.21. The fourth-order valence-electron chi connectivity index (χ4n) is 2.03. The summed E-state index contributed by atoms with van der Waals surface area (Å²) in [5, 5.41) is 3.42. The van der Waals surface area contributed by atoms with Gasteiger partial charge in [-0.1, -0.05) is 13.8 Å². The highest BCUT2D eigenvalue weighted by Crippen LogP contribution is 2.18. The van der Waals surface area contributed by atoms with E-state index in [1.807, 2.05) is 0 Å². The van der Waals surface area contributed by atoms with E-state index < -0.39 is 0 Å². The maximum atomic E-state index is 5.49. The zero-order valence-electron chi connectivity index (χ0n) is 9.62. The average Bonchev–Trinajstić information content (AvgIpc) is 2.68. The molecular formula is C12H20N2O. The highest BCUT2D eigenvalue weighted by Gasteiger charge is 2.16. The van der Waals surface area contributed by atoms with Crippen molar-refractivity contribution in [1.82, 2.24) is 10.3 Å². The number of hydrogen-bond acceptors (Lipinski definition) is 3. The maximum absolute atomic E-state index is 5.49. The van der Waals surface area contributed by atoms with Crippen molar-refractivity contribution in [1.29, 1.82) is 0 Å². The van der Waals surface area contributed by atoms with Crippen LogP contribution in [0, 0.1) is 5.92 Å². The van der Waals surface area contributed by atoms with Crippen LogP contribution in [0.5, 0.6) is 0 Å². The van der Waals surface area contributed by atoms with E-state index in [1.165, 1.54) is 19.4 Å². The van der Waals surface area contributed by atoms with Crippen LogP contribution in [0.25, 0.3) is 0 Å². The lowest BCUT2D eigenvalue weighted by Crippen LogP contribution is -2.30. The molecule has 0 bridgehead atoms. The van der Waals surface area contributed by atoms with E-state index >= 15 is 0 Å². The minimum Gasteiger partial charge on any atom is -0.449 e. The first-order valence-corrected chi connectivity index (χ1v) is 5.90. The molecule has 84 valence electrons. The van der Waals surface area contributed by atoms with Gasteiger partial charge in [0, 0.05) is 6.42 Å². The van der Waals surface area contributed by atoms with Gasteiger partial charge in [-0.2, -0.15) is 0 Å². The summed E-state index contributed by atoms with van der Waals surface area (Å²) < 4.78 is 5.49. The molecule has 3 nitrogen and oxygen atoms in total. The summed E-state index contributed by atoms with van der Waals surface area (Å²) in [5.74, 6) is 2.08. The Morgan fingerprint density at radius 3 is 3.07 bits per heavy atom. The number of rotatable bonds is 3. The number of nitrogens with one attached hydrogen (secondary N) is 1. The summed E-state index contributed by atoms with van der Waals surface area (Å²) in [6, 6.07) is 0. The Bertz CT molecular complexity index is 300. The Labute approximate surface area is 91.3 Å². The van der Waals surface area contributed by atoms with E-state index in [1.54, 1.807) is 6.26 Å². The average molecular weight is 208 g/mol. The molecule has 0 spiro atoms. The Hall–Kier alpha value is -0.830. The molecule has 2 heterocycles. The summed E-state index contributed by atoms with van der Waals surface area (Å²) in [6.07, 6.45) is 5.37. The SMILES string of the molecule is CC(C)c1coc(CC2CCCNC2)n1. The fourth-order valence-corrected chi connectivity index (χ4v) is 2.03. The van der Waals surface area contributed by atoms with Crippen molar-refractivity contribution in [3.63, 3.8) is 0 Å². The largest absolute Gasteiger partial charge is 0.449 e. The summed E-state index contributed by atoms with van der Waals surface area (Å²) in [7, 11) is 0. The predicted octanol–water partition coefficient (Wildman–Crippen LogP) is 2.34. The van der Waals surface area contributed by atoms with Gasteiger partial charge in [-0.05, 0) is 37.8 Å². The second kappa shape index (κ2) is 4.79. The highest BCUT2D eigenvalue weighted by molar-refractivity contribution is 5.02. The number of oxazole rings is 1. The molecule has 1 saturated heterocycles. The third kappa shape index (κ3) is 2.81. The Morgan fingerprint density at radius 1 is 1.60 bits per heavy atom. The Balaban J connectivity index is 1.91. The van der Waals surface area contributed by atoms with Crippen molar-refractivity contribution in [2.24, 2.45) is 5.92 Å². The monoisotopic (exact) mass is 208 g/mol. The number of aromatic nitrogens is 1. The second-order valence-electron chi connectivity index (χ2n) is 4.74. The molecule has 1 aliphatic rings. The quantitative estimate of drug-likeness (QED) is 0.828. The fraction of sp³-hybridized carbons (Fsp3) is 0.750. The van der Waals surface area contributed by atoms with Crippen LogP contribution in [-0.2, 0) is 6.42 Å². The molecular weight excluding hydrogens is 188 g/mol. The summed E-state index contributed by atoms with van der Waals surface area (Å²) in [6.45, 7) is 6.56. The summed E-state index contributed by atoms with van der Waals surface area (Å²) in [5.41, 5.74) is 1.08. The topological polar surface area (TPSA) is 38.1 Å². The first-order valence-electron chi connectivity index (χ1n) is 5.90. The number of nitrogens with zero attached hydrogens (tertiary/aromatic N) is 1. The summed E-state index contributed by atoms with van der Waals surface area (Å²) in [4.78, 5) is 4.51. The molecule has 1 fully saturated rings. The molecule has 2 rings (SSSR count). The van der Waals surface area contributed by atoms with Crippen LogP contribution in [0.4, 0.5) is 0 Å². The van der Waals surface area contributed by atoms with E-state index in [0.29, 0.717) is 11.8 Å². The van der Waals surface area contributed by atoms with Crippen LogP contribution in [0.3, 0.4) is 0 Å². The van der Waals surface area contributed by atoms with E-state index in [4.69, 9.17) is 4.42 Å². The lowest BCUT2D eigenvalue weighted by molar-refractivity contribution is 0.345. The van der Waals surface area contributed by atoms with Gasteiger partial charge in [0.25, 0.3) is 0 Å².